The van der Waals surface area contributed by atoms with Crippen molar-refractivity contribution >= 4 is 21.6 Å². The van der Waals surface area contributed by atoms with Crippen LogP contribution >= 0.6 is 0 Å². The molecule has 1 saturated heterocycles. The van der Waals surface area contributed by atoms with Gasteiger partial charge in [0.25, 0.3) is 0 Å². The molecule has 2 rings (SSSR count). The van der Waals surface area contributed by atoms with Gasteiger partial charge in [0.15, 0.2) is 0 Å². The van der Waals surface area contributed by atoms with Gasteiger partial charge in [-0.2, -0.15) is 0 Å². The number of anilines is 1. The average Bonchev–Trinajstić information content (AvgIpc) is 2.78. The van der Waals surface area contributed by atoms with Crippen LogP contribution in [0.5, 0.6) is 0 Å². The van der Waals surface area contributed by atoms with Crippen molar-refractivity contribution in [1.82, 2.24) is 5.32 Å². The van der Waals surface area contributed by atoms with Crippen molar-refractivity contribution in [3.63, 3.8) is 0 Å². The van der Waals surface area contributed by atoms with E-state index in [1.165, 1.54) is 6.07 Å². The Morgan fingerprint density at radius 1 is 1.45 bits per heavy atom. The molecule has 0 spiro atoms. The summed E-state index contributed by atoms with van der Waals surface area (Å²) in [5, 5.41) is 11.1. The molecule has 20 heavy (non-hydrogen) atoms. The van der Waals surface area contributed by atoms with Gasteiger partial charge < -0.3 is 10.6 Å². The van der Waals surface area contributed by atoms with E-state index in [0.717, 1.165) is 13.0 Å². The summed E-state index contributed by atoms with van der Waals surface area (Å²) >= 11 is 0. The summed E-state index contributed by atoms with van der Waals surface area (Å²) in [6.45, 7) is 4.94. The van der Waals surface area contributed by atoms with Crippen molar-refractivity contribution in [2.24, 2.45) is 10.6 Å². The van der Waals surface area contributed by atoms with Gasteiger partial charge in [-0.25, -0.2) is 13.6 Å². The first kappa shape index (κ1) is 15.0. The van der Waals surface area contributed by atoms with E-state index in [0.29, 0.717) is 17.8 Å². The van der Waals surface area contributed by atoms with Crippen LogP contribution in [0.4, 0.5) is 5.69 Å². The minimum Gasteiger partial charge on any atom is -0.325 e. The summed E-state index contributed by atoms with van der Waals surface area (Å²) in [4.78, 5) is 12.4. The van der Waals surface area contributed by atoms with E-state index in [9.17, 15) is 13.2 Å². The second-order valence-corrected chi connectivity index (χ2v) is 6.95. The lowest BCUT2D eigenvalue weighted by atomic mass is 9.88. The molecule has 1 aromatic carbocycles. The van der Waals surface area contributed by atoms with Gasteiger partial charge in [0.1, 0.15) is 0 Å². The Labute approximate surface area is 118 Å². The summed E-state index contributed by atoms with van der Waals surface area (Å²) in [5.41, 5.74) is 0.469. The minimum atomic E-state index is -3.79. The number of hydrogen-bond donors (Lipinski definition) is 3. The smallest absolute Gasteiger partial charge is 0.238 e. The van der Waals surface area contributed by atoms with E-state index in [4.69, 9.17) is 5.14 Å². The van der Waals surface area contributed by atoms with E-state index in [1.807, 2.05) is 6.92 Å². The average molecular weight is 297 g/mol. The van der Waals surface area contributed by atoms with E-state index in [-0.39, 0.29) is 10.8 Å². The van der Waals surface area contributed by atoms with Crippen LogP contribution < -0.4 is 15.8 Å². The maximum Gasteiger partial charge on any atom is 0.238 e. The number of sulfonamides is 1. The Morgan fingerprint density at radius 3 is 2.70 bits per heavy atom. The molecule has 1 fully saturated rings. The van der Waals surface area contributed by atoms with Crippen LogP contribution in [0.2, 0.25) is 0 Å². The van der Waals surface area contributed by atoms with Crippen LogP contribution in [0, 0.1) is 12.3 Å². The van der Waals surface area contributed by atoms with Crippen molar-refractivity contribution in [3.8, 4) is 0 Å². The number of benzene rings is 1. The molecular weight excluding hydrogens is 278 g/mol. The lowest BCUT2D eigenvalue weighted by Crippen LogP contribution is -2.35. The number of carbonyl (C=O) groups excluding carboxylic acids is 1. The largest absolute Gasteiger partial charge is 0.325 e. The number of rotatable bonds is 3. The molecule has 6 nitrogen and oxygen atoms in total. The first-order valence-electron chi connectivity index (χ1n) is 6.39. The van der Waals surface area contributed by atoms with Crippen LogP contribution in [-0.4, -0.2) is 27.4 Å². The van der Waals surface area contributed by atoms with Crippen LogP contribution in [0.1, 0.15) is 18.9 Å². The molecule has 0 radical (unpaired) electrons. The van der Waals surface area contributed by atoms with Crippen LogP contribution in [-0.2, 0) is 14.8 Å². The fourth-order valence-electron chi connectivity index (χ4n) is 2.34. The summed E-state index contributed by atoms with van der Waals surface area (Å²) in [6, 6.07) is 4.67. The Bertz CT molecular complexity index is 634. The first-order chi connectivity index (χ1) is 9.24. The highest BCUT2D eigenvalue weighted by molar-refractivity contribution is 7.89. The number of amides is 1. The van der Waals surface area contributed by atoms with E-state index < -0.39 is 15.4 Å². The molecule has 1 aliphatic rings. The van der Waals surface area contributed by atoms with E-state index >= 15 is 0 Å². The molecule has 1 unspecified atom stereocenters. The molecule has 4 N–H and O–H groups in total. The van der Waals surface area contributed by atoms with Gasteiger partial charge in [0.05, 0.1) is 10.3 Å². The Balaban J connectivity index is 2.29. The second kappa shape index (κ2) is 5.16. The van der Waals surface area contributed by atoms with Crippen LogP contribution in [0.3, 0.4) is 0 Å². The predicted octanol–water partition coefficient (Wildman–Crippen LogP) is 0.581. The molecule has 0 bridgehead atoms. The fraction of sp³-hybridized carbons (Fsp3) is 0.462. The number of nitrogens with two attached hydrogens (primary N) is 1. The van der Waals surface area contributed by atoms with Crippen molar-refractivity contribution in [1.29, 1.82) is 0 Å². The first-order valence-corrected chi connectivity index (χ1v) is 7.93. The Kier molecular flexibility index (Phi) is 3.86. The number of primary sulfonamides is 1. The number of carbonyl (C=O) groups is 1. The van der Waals surface area contributed by atoms with Gasteiger partial charge in [-0.05, 0) is 44.5 Å². The zero-order chi connectivity index (χ0) is 15.0. The maximum absolute atomic E-state index is 12.3. The SMILES string of the molecule is Cc1c(NC(=O)C2(C)CCNC2)cccc1S(N)(=O)=O. The molecule has 0 saturated carbocycles. The zero-order valence-corrected chi connectivity index (χ0v) is 12.4. The quantitative estimate of drug-likeness (QED) is 0.759. The highest BCUT2D eigenvalue weighted by Gasteiger charge is 2.36. The van der Waals surface area contributed by atoms with E-state index in [1.54, 1.807) is 19.1 Å². The van der Waals surface area contributed by atoms with Gasteiger partial charge in [0, 0.05) is 12.2 Å². The van der Waals surface area contributed by atoms with Crippen molar-refractivity contribution in [2.75, 3.05) is 18.4 Å². The molecule has 0 aromatic heterocycles. The molecule has 1 aromatic rings. The Morgan fingerprint density at radius 2 is 2.15 bits per heavy atom. The molecule has 1 heterocycles. The molecule has 7 heteroatoms. The monoisotopic (exact) mass is 297 g/mol. The summed E-state index contributed by atoms with van der Waals surface area (Å²) in [6.07, 6.45) is 0.757. The van der Waals surface area contributed by atoms with Crippen molar-refractivity contribution < 1.29 is 13.2 Å². The lowest BCUT2D eigenvalue weighted by molar-refractivity contribution is -0.123. The second-order valence-electron chi connectivity index (χ2n) is 5.42. The maximum atomic E-state index is 12.3. The topological polar surface area (TPSA) is 101 Å². The number of nitrogens with one attached hydrogen (secondary N) is 2. The lowest BCUT2D eigenvalue weighted by Gasteiger charge is -2.22. The van der Waals surface area contributed by atoms with E-state index in [2.05, 4.69) is 10.6 Å². The summed E-state index contributed by atoms with van der Waals surface area (Å²) in [5.74, 6) is -0.114. The Hall–Kier alpha value is -1.44. The normalized spacial score (nSPS) is 22.8. The highest BCUT2D eigenvalue weighted by Crippen LogP contribution is 2.28. The van der Waals surface area contributed by atoms with Gasteiger partial charge in [-0.1, -0.05) is 6.07 Å². The molecule has 110 valence electrons. The van der Waals surface area contributed by atoms with Crippen LogP contribution in [0.25, 0.3) is 0 Å². The molecular formula is C13H19N3O3S. The minimum absolute atomic E-state index is 0.0324. The molecule has 1 amide bonds. The third-order valence-electron chi connectivity index (χ3n) is 3.76. The third kappa shape index (κ3) is 2.84. The van der Waals surface area contributed by atoms with Gasteiger partial charge in [-0.15, -0.1) is 0 Å². The zero-order valence-electron chi connectivity index (χ0n) is 11.6. The molecule has 1 atom stereocenters. The van der Waals surface area contributed by atoms with Crippen molar-refractivity contribution in [3.05, 3.63) is 23.8 Å². The summed E-state index contributed by atoms with van der Waals surface area (Å²) in [7, 11) is -3.79. The van der Waals surface area contributed by atoms with Gasteiger partial charge in [-0.3, -0.25) is 4.79 Å². The molecule has 1 aliphatic heterocycles. The fourth-order valence-corrected chi connectivity index (χ4v) is 3.15. The van der Waals surface area contributed by atoms with Gasteiger partial charge >= 0.3 is 0 Å². The molecule has 0 aliphatic carbocycles. The summed E-state index contributed by atoms with van der Waals surface area (Å²) < 4.78 is 22.9. The van der Waals surface area contributed by atoms with Crippen molar-refractivity contribution in [2.45, 2.75) is 25.2 Å². The number of hydrogen-bond acceptors (Lipinski definition) is 4. The third-order valence-corrected chi connectivity index (χ3v) is 4.81. The van der Waals surface area contributed by atoms with Gasteiger partial charge in [0.2, 0.25) is 15.9 Å². The van der Waals surface area contributed by atoms with Crippen LogP contribution in [0.15, 0.2) is 23.1 Å². The highest BCUT2D eigenvalue weighted by atomic mass is 32.2. The standard InChI is InChI=1S/C13H19N3O3S/c1-9-10(4-3-5-11(9)20(14,18)19)16-12(17)13(2)6-7-15-8-13/h3-5,15H,6-8H2,1-2H3,(H,16,17)(H2,14,18,19). The predicted molar refractivity (Wildman–Crippen MR) is 76.8 cm³/mol.